The lowest BCUT2D eigenvalue weighted by molar-refractivity contribution is -0.132. The third kappa shape index (κ3) is 4.05. The molecular formula is C23H22ClFN4O2. The first kappa shape index (κ1) is 21.1. The van der Waals surface area contributed by atoms with Crippen LogP contribution in [0.5, 0.6) is 0 Å². The number of fused-ring (bicyclic) bond motifs is 1. The quantitative estimate of drug-likeness (QED) is 0.672. The van der Waals surface area contributed by atoms with Crippen molar-refractivity contribution in [2.45, 2.75) is 33.4 Å². The molecule has 2 heterocycles. The molecule has 1 aliphatic heterocycles. The summed E-state index contributed by atoms with van der Waals surface area (Å²) in [6, 6.07) is 10.1. The molecule has 0 saturated carbocycles. The van der Waals surface area contributed by atoms with E-state index >= 15 is 0 Å². The maximum Gasteiger partial charge on any atom is 0.252 e. The molecule has 4 rings (SSSR count). The van der Waals surface area contributed by atoms with Crippen LogP contribution >= 0.6 is 11.6 Å². The number of hydrogen-bond donors (Lipinski definition) is 1. The van der Waals surface area contributed by atoms with Crippen molar-refractivity contribution in [3.8, 4) is 11.3 Å². The zero-order chi connectivity index (χ0) is 22.3. The van der Waals surface area contributed by atoms with E-state index in [4.69, 9.17) is 17.3 Å². The number of nitrogens with zero attached hydrogens (tertiary/aromatic N) is 3. The molecule has 2 N–H and O–H groups in total. The van der Waals surface area contributed by atoms with Crippen LogP contribution in [-0.2, 0) is 24.3 Å². The zero-order valence-corrected chi connectivity index (χ0v) is 18.0. The van der Waals surface area contributed by atoms with E-state index in [1.54, 1.807) is 9.58 Å². The molecule has 2 aromatic carbocycles. The van der Waals surface area contributed by atoms with E-state index in [0.717, 1.165) is 11.1 Å². The summed E-state index contributed by atoms with van der Waals surface area (Å²) in [5.41, 5.74) is 10.6. The van der Waals surface area contributed by atoms with E-state index in [1.807, 2.05) is 32.0 Å². The van der Waals surface area contributed by atoms with Gasteiger partial charge in [0.1, 0.15) is 11.5 Å². The van der Waals surface area contributed by atoms with Gasteiger partial charge >= 0.3 is 0 Å². The van der Waals surface area contributed by atoms with Crippen LogP contribution in [0.1, 0.15) is 32.7 Å². The highest BCUT2D eigenvalue weighted by atomic mass is 35.5. The highest BCUT2D eigenvalue weighted by Gasteiger charge is 2.29. The van der Waals surface area contributed by atoms with Crippen LogP contribution in [0.15, 0.2) is 36.4 Å². The van der Waals surface area contributed by atoms with E-state index in [1.165, 1.54) is 23.8 Å². The molecule has 0 aliphatic carbocycles. The summed E-state index contributed by atoms with van der Waals surface area (Å²) in [4.78, 5) is 26.9. The standard InChI is InChI=1S/C23H22ClFN4O2/c1-13-3-4-15(9-14(13)2)10-20(30)28-7-8-29-19(12-28)21(23(26)31)22(27-29)16-5-6-18(25)17(24)11-16/h3-6,9,11H,7-8,10,12H2,1-2H3,(H2,26,31). The van der Waals surface area contributed by atoms with Gasteiger partial charge in [-0.3, -0.25) is 14.3 Å². The fourth-order valence-electron chi connectivity index (χ4n) is 3.83. The fraction of sp³-hybridized carbons (Fsp3) is 0.261. The van der Waals surface area contributed by atoms with Crippen molar-refractivity contribution in [2.24, 2.45) is 5.73 Å². The third-order valence-corrected chi connectivity index (χ3v) is 5.99. The topological polar surface area (TPSA) is 81.2 Å². The summed E-state index contributed by atoms with van der Waals surface area (Å²) in [5, 5.41) is 4.44. The Morgan fingerprint density at radius 3 is 2.58 bits per heavy atom. The minimum Gasteiger partial charge on any atom is -0.365 e. The van der Waals surface area contributed by atoms with Crippen LogP contribution < -0.4 is 5.73 Å². The molecular weight excluding hydrogens is 419 g/mol. The van der Waals surface area contributed by atoms with Crippen molar-refractivity contribution < 1.29 is 14.0 Å². The number of halogens is 2. The van der Waals surface area contributed by atoms with E-state index < -0.39 is 11.7 Å². The fourth-order valence-corrected chi connectivity index (χ4v) is 4.02. The molecule has 1 aromatic heterocycles. The Hall–Kier alpha value is -3.19. The van der Waals surface area contributed by atoms with Crippen LogP contribution in [0.2, 0.25) is 5.02 Å². The lowest BCUT2D eigenvalue weighted by atomic mass is 10.0. The molecule has 0 bridgehead atoms. The first-order chi connectivity index (χ1) is 14.7. The van der Waals surface area contributed by atoms with Gasteiger partial charge in [0, 0.05) is 12.1 Å². The molecule has 2 amide bonds. The summed E-state index contributed by atoms with van der Waals surface area (Å²) in [7, 11) is 0. The molecule has 0 radical (unpaired) electrons. The molecule has 8 heteroatoms. The van der Waals surface area contributed by atoms with Crippen molar-refractivity contribution in [2.75, 3.05) is 6.54 Å². The molecule has 0 fully saturated rings. The summed E-state index contributed by atoms with van der Waals surface area (Å²) >= 11 is 5.91. The summed E-state index contributed by atoms with van der Waals surface area (Å²) in [6.07, 6.45) is 0.279. The molecule has 31 heavy (non-hydrogen) atoms. The summed E-state index contributed by atoms with van der Waals surface area (Å²) in [5.74, 6) is -1.24. The van der Waals surface area contributed by atoms with Crippen molar-refractivity contribution in [1.29, 1.82) is 0 Å². The van der Waals surface area contributed by atoms with E-state index in [2.05, 4.69) is 5.10 Å². The van der Waals surface area contributed by atoms with Gasteiger partial charge in [0.2, 0.25) is 5.91 Å². The monoisotopic (exact) mass is 440 g/mol. The predicted octanol–water partition coefficient (Wildman–Crippen LogP) is 3.64. The molecule has 0 spiro atoms. The number of primary amides is 1. The zero-order valence-electron chi connectivity index (χ0n) is 17.3. The average molecular weight is 441 g/mol. The number of amides is 2. The number of carbonyl (C=O) groups excluding carboxylic acids is 2. The van der Waals surface area contributed by atoms with Gasteiger partial charge in [-0.05, 0) is 48.7 Å². The highest BCUT2D eigenvalue weighted by molar-refractivity contribution is 6.31. The maximum atomic E-state index is 13.6. The third-order valence-electron chi connectivity index (χ3n) is 5.70. The van der Waals surface area contributed by atoms with Crippen LogP contribution in [0.3, 0.4) is 0 Å². The van der Waals surface area contributed by atoms with Gasteiger partial charge in [0.15, 0.2) is 0 Å². The Labute approximate surface area is 184 Å². The minimum atomic E-state index is -0.653. The lowest BCUT2D eigenvalue weighted by Crippen LogP contribution is -2.40. The smallest absolute Gasteiger partial charge is 0.252 e. The normalized spacial score (nSPS) is 13.2. The molecule has 160 valence electrons. The van der Waals surface area contributed by atoms with Crippen LogP contribution in [0, 0.1) is 19.7 Å². The van der Waals surface area contributed by atoms with Gasteiger partial charge in [0.05, 0.1) is 35.8 Å². The SMILES string of the molecule is Cc1ccc(CC(=O)N2CCn3nc(-c4ccc(F)c(Cl)c4)c(C(N)=O)c3C2)cc1C. The number of benzene rings is 2. The van der Waals surface area contributed by atoms with Gasteiger partial charge in [0.25, 0.3) is 5.91 Å². The van der Waals surface area contributed by atoms with E-state index in [0.29, 0.717) is 30.0 Å². The molecule has 1 aliphatic rings. The first-order valence-corrected chi connectivity index (χ1v) is 10.3. The Morgan fingerprint density at radius 2 is 1.90 bits per heavy atom. The first-order valence-electron chi connectivity index (χ1n) is 9.93. The average Bonchev–Trinajstić information content (AvgIpc) is 3.11. The largest absolute Gasteiger partial charge is 0.365 e. The molecule has 0 saturated heterocycles. The number of aryl methyl sites for hydroxylation is 2. The lowest BCUT2D eigenvalue weighted by Gasteiger charge is -2.28. The van der Waals surface area contributed by atoms with Crippen molar-refractivity contribution in [1.82, 2.24) is 14.7 Å². The Bertz CT molecular complexity index is 1200. The van der Waals surface area contributed by atoms with Crippen molar-refractivity contribution in [3.63, 3.8) is 0 Å². The number of hydrogen-bond acceptors (Lipinski definition) is 3. The van der Waals surface area contributed by atoms with Gasteiger partial charge in [-0.1, -0.05) is 29.8 Å². The molecule has 6 nitrogen and oxygen atoms in total. The number of carbonyl (C=O) groups is 2. The van der Waals surface area contributed by atoms with Gasteiger partial charge in [-0.25, -0.2) is 4.39 Å². The maximum absolute atomic E-state index is 13.6. The van der Waals surface area contributed by atoms with E-state index in [9.17, 15) is 14.0 Å². The molecule has 3 aromatic rings. The summed E-state index contributed by atoms with van der Waals surface area (Å²) in [6.45, 7) is 5.18. The highest BCUT2D eigenvalue weighted by Crippen LogP contribution is 2.30. The molecule has 0 unspecified atom stereocenters. The summed E-state index contributed by atoms with van der Waals surface area (Å²) < 4.78 is 15.3. The van der Waals surface area contributed by atoms with Crippen LogP contribution in [0.25, 0.3) is 11.3 Å². The predicted molar refractivity (Wildman–Crippen MR) is 116 cm³/mol. The van der Waals surface area contributed by atoms with Crippen LogP contribution in [0.4, 0.5) is 4.39 Å². The number of aromatic nitrogens is 2. The van der Waals surface area contributed by atoms with Crippen molar-refractivity contribution >= 4 is 23.4 Å². The Morgan fingerprint density at radius 1 is 1.13 bits per heavy atom. The van der Waals surface area contributed by atoms with Gasteiger partial charge in [-0.15, -0.1) is 0 Å². The minimum absolute atomic E-state index is 0.0301. The van der Waals surface area contributed by atoms with Crippen LogP contribution in [-0.4, -0.2) is 33.0 Å². The Kier molecular flexibility index (Phi) is 5.54. The number of nitrogens with two attached hydrogens (primary N) is 1. The van der Waals surface area contributed by atoms with E-state index in [-0.39, 0.29) is 29.5 Å². The Balaban J connectivity index is 1.63. The molecule has 0 atom stereocenters. The van der Waals surface area contributed by atoms with Crippen molar-refractivity contribution in [3.05, 3.63) is 75.2 Å². The van der Waals surface area contributed by atoms with Gasteiger partial charge in [-0.2, -0.15) is 5.10 Å². The number of rotatable bonds is 4. The second-order valence-electron chi connectivity index (χ2n) is 7.80. The second kappa shape index (κ2) is 8.15. The van der Waals surface area contributed by atoms with Gasteiger partial charge < -0.3 is 10.6 Å². The second-order valence-corrected chi connectivity index (χ2v) is 8.20.